The number of aliphatic hydroxyl groups excluding tert-OH is 3. The molecule has 4 aromatic rings. The Morgan fingerprint density at radius 3 is 2.48 bits per heavy atom. The lowest BCUT2D eigenvalue weighted by Gasteiger charge is -2.35. The summed E-state index contributed by atoms with van der Waals surface area (Å²) in [4.78, 5) is 24.9. The Bertz CT molecular complexity index is 1650. The molecular formula is C28H24Cl4N2O10. The topological polar surface area (TPSA) is 169 Å². The van der Waals surface area contributed by atoms with E-state index in [1.54, 1.807) is 48.5 Å². The Morgan fingerprint density at radius 1 is 1.07 bits per heavy atom. The fourth-order valence-electron chi connectivity index (χ4n) is 4.57. The van der Waals surface area contributed by atoms with Gasteiger partial charge in [-0.1, -0.05) is 69.8 Å². The molecule has 234 valence electrons. The van der Waals surface area contributed by atoms with Crippen molar-refractivity contribution in [1.29, 1.82) is 0 Å². The van der Waals surface area contributed by atoms with Crippen LogP contribution in [0.4, 0.5) is 5.69 Å². The van der Waals surface area contributed by atoms with Crippen LogP contribution in [0.15, 0.2) is 66.7 Å². The molecule has 1 aliphatic rings. The SMILES string of the molecule is O=C(C(Cl)Cl)N(Cc1oc(=O)oc1COC1CC(O)C(O)C(CO)O1)c1cccc(-c2cc(-c3c(Cl)cccc3Cl)no2)c1. The molecule has 1 fully saturated rings. The van der Waals surface area contributed by atoms with Crippen molar-refractivity contribution in [1.82, 2.24) is 5.16 Å². The zero-order chi connectivity index (χ0) is 31.5. The summed E-state index contributed by atoms with van der Waals surface area (Å²) in [5.41, 5.74) is 1.72. The number of nitrogens with zero attached hydrogens (tertiary/aromatic N) is 2. The van der Waals surface area contributed by atoms with Gasteiger partial charge in [-0.05, 0) is 24.3 Å². The quantitative estimate of drug-likeness (QED) is 0.200. The first-order valence-corrected chi connectivity index (χ1v) is 14.7. The molecule has 2 aromatic carbocycles. The molecule has 12 nitrogen and oxygen atoms in total. The van der Waals surface area contributed by atoms with Crippen LogP contribution in [0.2, 0.25) is 10.0 Å². The zero-order valence-corrected chi connectivity index (χ0v) is 25.5. The highest BCUT2D eigenvalue weighted by Gasteiger charge is 2.37. The average Bonchev–Trinajstić information content (AvgIpc) is 3.62. The van der Waals surface area contributed by atoms with E-state index in [-0.39, 0.29) is 31.1 Å². The molecular weight excluding hydrogens is 666 g/mol. The van der Waals surface area contributed by atoms with Gasteiger partial charge in [0, 0.05) is 29.3 Å². The number of carbonyl (C=O) groups excluding carboxylic acids is 1. The van der Waals surface area contributed by atoms with Gasteiger partial charge in [-0.3, -0.25) is 4.79 Å². The van der Waals surface area contributed by atoms with E-state index in [0.717, 1.165) is 0 Å². The van der Waals surface area contributed by atoms with E-state index in [1.165, 1.54) is 4.90 Å². The highest BCUT2D eigenvalue weighted by Crippen LogP contribution is 2.36. The van der Waals surface area contributed by atoms with Crippen LogP contribution in [0.3, 0.4) is 0 Å². The Balaban J connectivity index is 1.39. The van der Waals surface area contributed by atoms with E-state index in [9.17, 15) is 24.9 Å². The standard InChI is InChI=1S/C28H24Cl4N2O10/c29-15-5-2-6-16(30)24(15)17-8-19(44-33-17)13-3-1-4-14(7-13)34(27(38)26(31)32)10-20-22(43-28(39)42-20)12-40-23-9-18(36)25(37)21(11-35)41-23/h1-8,18,21,23,25-26,35-37H,9-12H2. The maximum atomic E-state index is 13.1. The average molecular weight is 690 g/mol. The van der Waals surface area contributed by atoms with Gasteiger partial charge in [0.05, 0.1) is 29.3 Å². The number of halogens is 4. The molecule has 5 rings (SSSR count). The van der Waals surface area contributed by atoms with E-state index in [4.69, 9.17) is 69.2 Å². The largest absolute Gasteiger partial charge is 0.519 e. The van der Waals surface area contributed by atoms with Gasteiger partial charge in [-0.25, -0.2) is 4.79 Å². The van der Waals surface area contributed by atoms with Crippen molar-refractivity contribution in [3.63, 3.8) is 0 Å². The van der Waals surface area contributed by atoms with E-state index in [0.29, 0.717) is 38.3 Å². The van der Waals surface area contributed by atoms with Crippen molar-refractivity contribution in [2.24, 2.45) is 0 Å². The van der Waals surface area contributed by atoms with Crippen molar-refractivity contribution < 1.29 is 42.9 Å². The molecule has 0 spiro atoms. The summed E-state index contributed by atoms with van der Waals surface area (Å²) in [5.74, 6) is -1.61. The summed E-state index contributed by atoms with van der Waals surface area (Å²) in [6.45, 7) is -1.27. The summed E-state index contributed by atoms with van der Waals surface area (Å²) in [5, 5.41) is 34.2. The van der Waals surface area contributed by atoms with E-state index in [1.807, 2.05) is 0 Å². The molecule has 0 bridgehead atoms. The number of hydrogen-bond donors (Lipinski definition) is 3. The summed E-state index contributed by atoms with van der Waals surface area (Å²) in [6, 6.07) is 13.3. The zero-order valence-electron chi connectivity index (χ0n) is 22.4. The molecule has 3 N–H and O–H groups in total. The second-order valence-electron chi connectivity index (χ2n) is 9.64. The van der Waals surface area contributed by atoms with Crippen molar-refractivity contribution in [3.05, 3.63) is 80.7 Å². The number of aliphatic hydroxyl groups is 3. The number of amides is 1. The van der Waals surface area contributed by atoms with Crippen LogP contribution in [0.25, 0.3) is 22.6 Å². The third-order valence-electron chi connectivity index (χ3n) is 6.77. The maximum absolute atomic E-state index is 13.1. The highest BCUT2D eigenvalue weighted by atomic mass is 35.5. The van der Waals surface area contributed by atoms with Crippen LogP contribution in [0, 0.1) is 0 Å². The molecule has 1 amide bonds. The van der Waals surface area contributed by atoms with Gasteiger partial charge in [0.1, 0.15) is 24.5 Å². The maximum Gasteiger partial charge on any atom is 0.519 e. The molecule has 4 unspecified atom stereocenters. The number of carbonyl (C=O) groups is 1. The Morgan fingerprint density at radius 2 is 1.77 bits per heavy atom. The van der Waals surface area contributed by atoms with Crippen molar-refractivity contribution in [2.75, 3.05) is 11.5 Å². The number of alkyl halides is 2. The number of hydrogen-bond acceptors (Lipinski definition) is 11. The van der Waals surface area contributed by atoms with Gasteiger partial charge in [-0.15, -0.1) is 0 Å². The van der Waals surface area contributed by atoms with Crippen LogP contribution in [0.1, 0.15) is 17.9 Å². The molecule has 3 heterocycles. The molecule has 0 radical (unpaired) electrons. The van der Waals surface area contributed by atoms with Gasteiger partial charge in [-0.2, -0.15) is 0 Å². The number of benzene rings is 2. The summed E-state index contributed by atoms with van der Waals surface area (Å²) < 4.78 is 26.9. The number of ether oxygens (including phenoxy) is 2. The lowest BCUT2D eigenvalue weighted by atomic mass is 10.0. The number of anilines is 1. The predicted octanol–water partition coefficient (Wildman–Crippen LogP) is 4.54. The first-order chi connectivity index (χ1) is 21.0. The normalized spacial score (nSPS) is 20.3. The number of aromatic nitrogens is 1. The molecule has 1 aliphatic heterocycles. The molecule has 0 aliphatic carbocycles. The van der Waals surface area contributed by atoms with Gasteiger partial charge in [0.15, 0.2) is 28.4 Å². The monoisotopic (exact) mass is 688 g/mol. The van der Waals surface area contributed by atoms with Crippen molar-refractivity contribution >= 4 is 58.0 Å². The lowest BCUT2D eigenvalue weighted by Crippen LogP contribution is -2.50. The minimum Gasteiger partial charge on any atom is -0.394 e. The van der Waals surface area contributed by atoms with Crippen LogP contribution in [-0.2, 0) is 27.4 Å². The summed E-state index contributed by atoms with van der Waals surface area (Å²) in [7, 11) is 0. The first-order valence-electron chi connectivity index (χ1n) is 13.0. The molecule has 16 heteroatoms. The van der Waals surface area contributed by atoms with Gasteiger partial charge < -0.3 is 43.1 Å². The fraction of sp³-hybridized carbons (Fsp3) is 0.321. The third-order valence-corrected chi connectivity index (χ3v) is 7.77. The Labute approximate surface area is 269 Å². The first kappa shape index (κ1) is 32.5. The van der Waals surface area contributed by atoms with Crippen LogP contribution in [0.5, 0.6) is 0 Å². The minimum absolute atomic E-state index is 0.0758. The predicted molar refractivity (Wildman–Crippen MR) is 158 cm³/mol. The van der Waals surface area contributed by atoms with Crippen molar-refractivity contribution in [3.8, 4) is 22.6 Å². The van der Waals surface area contributed by atoms with Crippen LogP contribution in [-0.4, -0.2) is 62.4 Å². The second-order valence-corrected chi connectivity index (χ2v) is 11.6. The Hall–Kier alpha value is -2.91. The summed E-state index contributed by atoms with van der Waals surface area (Å²) in [6.07, 6.45) is -4.75. The molecule has 44 heavy (non-hydrogen) atoms. The van der Waals surface area contributed by atoms with Crippen molar-refractivity contribution in [2.45, 2.75) is 49.0 Å². The van der Waals surface area contributed by atoms with Gasteiger partial charge in [0.25, 0.3) is 5.91 Å². The number of rotatable bonds is 10. The smallest absolute Gasteiger partial charge is 0.394 e. The highest BCUT2D eigenvalue weighted by molar-refractivity contribution is 6.54. The molecule has 1 saturated heterocycles. The second kappa shape index (κ2) is 14.0. The van der Waals surface area contributed by atoms with E-state index < -0.39 is 47.8 Å². The minimum atomic E-state index is -1.48. The Kier molecular flexibility index (Phi) is 10.4. The fourth-order valence-corrected chi connectivity index (χ4v) is 5.39. The molecule has 4 atom stereocenters. The van der Waals surface area contributed by atoms with Gasteiger partial charge in [0.2, 0.25) is 0 Å². The van der Waals surface area contributed by atoms with E-state index in [2.05, 4.69) is 5.16 Å². The lowest BCUT2D eigenvalue weighted by molar-refractivity contribution is -0.261. The summed E-state index contributed by atoms with van der Waals surface area (Å²) >= 11 is 24.5. The van der Waals surface area contributed by atoms with Crippen LogP contribution < -0.4 is 10.7 Å². The molecule has 0 saturated carbocycles. The van der Waals surface area contributed by atoms with Crippen LogP contribution >= 0.6 is 46.4 Å². The molecule has 2 aromatic heterocycles. The third kappa shape index (κ3) is 7.15. The van der Waals surface area contributed by atoms with Gasteiger partial charge >= 0.3 is 5.82 Å². The van der Waals surface area contributed by atoms with E-state index >= 15 is 0 Å².